The van der Waals surface area contributed by atoms with E-state index in [1.807, 2.05) is 31.5 Å². The Hall–Kier alpha value is -3.34. The zero-order valence-electron chi connectivity index (χ0n) is 16.4. The molecule has 4 aromatic rings. The van der Waals surface area contributed by atoms with Crippen molar-refractivity contribution in [3.8, 4) is 28.4 Å². The first-order valence-electron chi connectivity index (χ1n) is 9.45. The second-order valence-corrected chi connectivity index (χ2v) is 6.95. The maximum Gasteiger partial charge on any atom is 0.125 e. The number of ether oxygens (including phenoxy) is 1. The molecule has 4 rings (SSSR count). The summed E-state index contributed by atoms with van der Waals surface area (Å²) in [4.78, 5) is 12.4. The zero-order chi connectivity index (χ0) is 19.5. The van der Waals surface area contributed by atoms with Gasteiger partial charge in [0.15, 0.2) is 0 Å². The predicted molar refractivity (Wildman–Crippen MR) is 111 cm³/mol. The number of hydrogen-bond donors (Lipinski definition) is 1. The average Bonchev–Trinajstić information content (AvgIpc) is 3.30. The molecular weight excluding hydrogens is 348 g/mol. The van der Waals surface area contributed by atoms with Crippen LogP contribution in [0.1, 0.15) is 16.8 Å². The molecule has 2 aromatic heterocycles. The summed E-state index contributed by atoms with van der Waals surface area (Å²) in [5.41, 5.74) is 7.27. The second-order valence-electron chi connectivity index (χ2n) is 6.95. The molecule has 2 aromatic carbocycles. The van der Waals surface area contributed by atoms with Gasteiger partial charge in [-0.25, -0.2) is 9.97 Å². The van der Waals surface area contributed by atoms with E-state index in [-0.39, 0.29) is 0 Å². The van der Waals surface area contributed by atoms with E-state index >= 15 is 0 Å². The lowest BCUT2D eigenvalue weighted by Crippen LogP contribution is -2.10. The van der Waals surface area contributed by atoms with Crippen LogP contribution in [0, 0.1) is 20.8 Å². The van der Waals surface area contributed by atoms with Gasteiger partial charge in [-0.05, 0) is 31.9 Å². The Balaban J connectivity index is 1.64. The van der Waals surface area contributed by atoms with Crippen molar-refractivity contribution < 1.29 is 4.74 Å². The highest BCUT2D eigenvalue weighted by Crippen LogP contribution is 2.31. The highest BCUT2D eigenvalue weighted by molar-refractivity contribution is 5.77. The Kier molecular flexibility index (Phi) is 4.98. The van der Waals surface area contributed by atoms with E-state index in [4.69, 9.17) is 9.72 Å². The van der Waals surface area contributed by atoms with Crippen molar-refractivity contribution in [2.75, 3.05) is 6.61 Å². The first-order valence-corrected chi connectivity index (χ1v) is 9.45. The normalized spacial score (nSPS) is 11.0. The molecule has 0 saturated carbocycles. The van der Waals surface area contributed by atoms with Crippen LogP contribution >= 0.6 is 0 Å². The van der Waals surface area contributed by atoms with Gasteiger partial charge >= 0.3 is 0 Å². The molecule has 0 bridgehead atoms. The van der Waals surface area contributed by atoms with E-state index in [1.54, 1.807) is 6.33 Å². The Labute approximate surface area is 165 Å². The molecule has 142 valence electrons. The largest absolute Gasteiger partial charge is 0.491 e. The SMILES string of the molecule is Cc1cccc(C)c1OCCn1cnc(-c2ccccc2)c1-c1nc[nH]c1C. The van der Waals surface area contributed by atoms with E-state index < -0.39 is 0 Å². The van der Waals surface area contributed by atoms with Crippen LogP contribution in [0.25, 0.3) is 22.6 Å². The van der Waals surface area contributed by atoms with Gasteiger partial charge < -0.3 is 14.3 Å². The van der Waals surface area contributed by atoms with Crippen LogP contribution in [0.2, 0.25) is 0 Å². The number of para-hydroxylation sites is 1. The first-order chi connectivity index (χ1) is 13.6. The van der Waals surface area contributed by atoms with Crippen LogP contribution in [0.3, 0.4) is 0 Å². The smallest absolute Gasteiger partial charge is 0.125 e. The van der Waals surface area contributed by atoms with Crippen molar-refractivity contribution in [3.05, 3.63) is 78.0 Å². The third-order valence-electron chi connectivity index (χ3n) is 4.93. The topological polar surface area (TPSA) is 55.7 Å². The lowest BCUT2D eigenvalue weighted by molar-refractivity contribution is 0.295. The van der Waals surface area contributed by atoms with Gasteiger partial charge in [-0.1, -0.05) is 48.5 Å². The monoisotopic (exact) mass is 372 g/mol. The predicted octanol–water partition coefficient (Wildman–Crippen LogP) is 4.94. The molecule has 0 aliphatic carbocycles. The number of hydrogen-bond acceptors (Lipinski definition) is 3. The maximum atomic E-state index is 6.11. The third-order valence-corrected chi connectivity index (χ3v) is 4.93. The van der Waals surface area contributed by atoms with E-state index in [1.165, 1.54) is 0 Å². The molecule has 0 radical (unpaired) electrons. The molecule has 0 fully saturated rings. The van der Waals surface area contributed by atoms with E-state index in [0.29, 0.717) is 13.2 Å². The summed E-state index contributed by atoms with van der Waals surface area (Å²) in [6, 6.07) is 16.4. The number of aromatic amines is 1. The van der Waals surface area contributed by atoms with Crippen LogP contribution in [0.15, 0.2) is 61.2 Å². The van der Waals surface area contributed by atoms with E-state index in [0.717, 1.165) is 45.2 Å². The fourth-order valence-corrected chi connectivity index (χ4v) is 3.48. The fourth-order valence-electron chi connectivity index (χ4n) is 3.48. The van der Waals surface area contributed by atoms with Gasteiger partial charge in [-0.3, -0.25) is 0 Å². The molecule has 0 atom stereocenters. The highest BCUT2D eigenvalue weighted by atomic mass is 16.5. The van der Waals surface area contributed by atoms with Gasteiger partial charge in [0.25, 0.3) is 0 Å². The van der Waals surface area contributed by atoms with Crippen molar-refractivity contribution >= 4 is 0 Å². The van der Waals surface area contributed by atoms with Gasteiger partial charge in [0.1, 0.15) is 18.1 Å². The Bertz CT molecular complexity index is 1060. The molecule has 5 heteroatoms. The fraction of sp³-hybridized carbons (Fsp3) is 0.217. The second kappa shape index (κ2) is 7.72. The van der Waals surface area contributed by atoms with E-state index in [9.17, 15) is 0 Å². The molecule has 0 spiro atoms. The number of H-pyrrole nitrogens is 1. The molecule has 1 N–H and O–H groups in total. The number of rotatable bonds is 6. The molecule has 5 nitrogen and oxygen atoms in total. The summed E-state index contributed by atoms with van der Waals surface area (Å²) >= 11 is 0. The molecule has 0 aliphatic heterocycles. The van der Waals surface area contributed by atoms with Crippen LogP contribution < -0.4 is 4.74 Å². The summed E-state index contributed by atoms with van der Waals surface area (Å²) in [6.07, 6.45) is 3.60. The molecular formula is C23H24N4O. The minimum atomic E-state index is 0.562. The van der Waals surface area contributed by atoms with Crippen LogP contribution in [0.4, 0.5) is 0 Å². The minimum Gasteiger partial charge on any atom is -0.491 e. The van der Waals surface area contributed by atoms with Gasteiger partial charge in [-0.15, -0.1) is 0 Å². The summed E-state index contributed by atoms with van der Waals surface area (Å²) in [6.45, 7) is 7.43. The molecule has 28 heavy (non-hydrogen) atoms. The Morgan fingerprint density at radius 1 is 0.893 bits per heavy atom. The number of aromatic nitrogens is 4. The lowest BCUT2D eigenvalue weighted by Gasteiger charge is -2.14. The summed E-state index contributed by atoms with van der Waals surface area (Å²) in [5.74, 6) is 0.961. The number of aryl methyl sites for hydroxylation is 3. The number of nitrogens with zero attached hydrogens (tertiary/aromatic N) is 3. The van der Waals surface area contributed by atoms with Crippen LogP contribution in [-0.2, 0) is 6.54 Å². The molecule has 2 heterocycles. The van der Waals surface area contributed by atoms with Crippen molar-refractivity contribution in [2.24, 2.45) is 0 Å². The number of benzene rings is 2. The van der Waals surface area contributed by atoms with Gasteiger partial charge in [0, 0.05) is 11.3 Å². The molecule has 0 saturated heterocycles. The van der Waals surface area contributed by atoms with Crippen molar-refractivity contribution in [1.29, 1.82) is 0 Å². The lowest BCUT2D eigenvalue weighted by atomic mass is 10.1. The third kappa shape index (κ3) is 3.43. The average molecular weight is 372 g/mol. The Morgan fingerprint density at radius 2 is 1.64 bits per heavy atom. The Morgan fingerprint density at radius 3 is 2.32 bits per heavy atom. The highest BCUT2D eigenvalue weighted by Gasteiger charge is 2.18. The molecule has 0 aliphatic rings. The van der Waals surface area contributed by atoms with Gasteiger partial charge in [0.2, 0.25) is 0 Å². The van der Waals surface area contributed by atoms with Crippen LogP contribution in [0.5, 0.6) is 5.75 Å². The van der Waals surface area contributed by atoms with Gasteiger partial charge in [-0.2, -0.15) is 0 Å². The first kappa shape index (κ1) is 18.0. The standard InChI is InChI=1S/C23H24N4O/c1-16-8-7-9-17(2)23(16)28-13-12-27-15-26-21(19-10-5-4-6-11-19)22(27)20-18(3)24-14-25-20/h4-11,14-15H,12-13H2,1-3H3,(H,24,25). The van der Waals surface area contributed by atoms with Crippen molar-refractivity contribution in [1.82, 2.24) is 19.5 Å². The summed E-state index contributed by atoms with van der Waals surface area (Å²) < 4.78 is 8.24. The van der Waals surface area contributed by atoms with Gasteiger partial charge in [0.05, 0.1) is 30.6 Å². The van der Waals surface area contributed by atoms with E-state index in [2.05, 4.69) is 58.7 Å². The molecule has 0 unspecified atom stereocenters. The molecule has 0 amide bonds. The number of nitrogens with one attached hydrogen (secondary N) is 1. The van der Waals surface area contributed by atoms with Crippen molar-refractivity contribution in [2.45, 2.75) is 27.3 Å². The zero-order valence-corrected chi connectivity index (χ0v) is 16.4. The maximum absolute atomic E-state index is 6.11. The number of imidazole rings is 2. The van der Waals surface area contributed by atoms with Crippen molar-refractivity contribution in [3.63, 3.8) is 0 Å². The quantitative estimate of drug-likeness (QED) is 0.521. The minimum absolute atomic E-state index is 0.562. The summed E-state index contributed by atoms with van der Waals surface area (Å²) in [5, 5.41) is 0. The van der Waals surface area contributed by atoms with Crippen LogP contribution in [-0.4, -0.2) is 26.1 Å². The summed E-state index contributed by atoms with van der Waals surface area (Å²) in [7, 11) is 0.